The molecule has 0 saturated carbocycles. The summed E-state index contributed by atoms with van der Waals surface area (Å²) in [4.78, 5) is 8.90. The van der Waals surface area contributed by atoms with Crippen LogP contribution in [0.1, 0.15) is 50.8 Å². The molecular formula is C15H26N4. The van der Waals surface area contributed by atoms with Crippen molar-refractivity contribution in [2.45, 2.75) is 58.4 Å². The minimum Gasteiger partial charge on any atom is -0.366 e. The normalized spacial score (nSPS) is 16.8. The van der Waals surface area contributed by atoms with Gasteiger partial charge in [0.25, 0.3) is 0 Å². The maximum absolute atomic E-state index is 5.87. The van der Waals surface area contributed by atoms with Gasteiger partial charge in [0.2, 0.25) is 0 Å². The summed E-state index contributed by atoms with van der Waals surface area (Å²) in [7, 11) is 0. The molecule has 1 aliphatic rings. The van der Waals surface area contributed by atoms with Crippen molar-refractivity contribution in [1.29, 1.82) is 0 Å². The Morgan fingerprint density at radius 1 is 1.21 bits per heavy atom. The molecule has 2 rings (SSSR count). The Balaban J connectivity index is 2.15. The molecule has 0 amide bonds. The Morgan fingerprint density at radius 2 is 2.00 bits per heavy atom. The van der Waals surface area contributed by atoms with Crippen LogP contribution in [-0.4, -0.2) is 22.6 Å². The number of nitrogens with zero attached hydrogens (tertiary/aromatic N) is 2. The fraction of sp³-hybridized carbons (Fsp3) is 0.733. The van der Waals surface area contributed by atoms with Crippen LogP contribution in [0, 0.1) is 5.92 Å². The third-order valence-electron chi connectivity index (χ3n) is 3.76. The highest BCUT2D eigenvalue weighted by Crippen LogP contribution is 2.24. The lowest BCUT2D eigenvalue weighted by Crippen LogP contribution is -2.31. The molecule has 0 aliphatic heterocycles. The molecule has 0 spiro atoms. The lowest BCUT2D eigenvalue weighted by atomic mass is 10.0. The molecule has 0 saturated heterocycles. The standard InChI is InChI=1S/C15H26N4/c1-11(2)8-12(9-16)19-15-13-6-4-3-5-7-14(13)17-10-18-15/h10-12H,3-9,16H2,1-2H3,(H,17,18,19). The number of hydrogen-bond donors (Lipinski definition) is 2. The van der Waals surface area contributed by atoms with Crippen LogP contribution in [0.3, 0.4) is 0 Å². The predicted molar refractivity (Wildman–Crippen MR) is 79.2 cm³/mol. The maximum atomic E-state index is 5.87. The van der Waals surface area contributed by atoms with Crippen molar-refractivity contribution in [3.63, 3.8) is 0 Å². The highest BCUT2D eigenvalue weighted by atomic mass is 15.0. The quantitative estimate of drug-likeness (QED) is 0.800. The molecule has 19 heavy (non-hydrogen) atoms. The zero-order chi connectivity index (χ0) is 13.7. The van der Waals surface area contributed by atoms with Crippen LogP contribution < -0.4 is 11.1 Å². The zero-order valence-electron chi connectivity index (χ0n) is 12.2. The van der Waals surface area contributed by atoms with Crippen molar-refractivity contribution in [3.8, 4) is 0 Å². The van der Waals surface area contributed by atoms with E-state index in [1.165, 1.54) is 30.5 Å². The van der Waals surface area contributed by atoms with Gasteiger partial charge in [-0.15, -0.1) is 0 Å². The summed E-state index contributed by atoms with van der Waals surface area (Å²) in [5, 5.41) is 3.54. The van der Waals surface area contributed by atoms with Gasteiger partial charge in [0.15, 0.2) is 0 Å². The topological polar surface area (TPSA) is 63.8 Å². The Hall–Kier alpha value is -1.16. The van der Waals surface area contributed by atoms with Crippen molar-refractivity contribution in [2.75, 3.05) is 11.9 Å². The third kappa shape index (κ3) is 3.90. The number of aryl methyl sites for hydroxylation is 1. The summed E-state index contributed by atoms with van der Waals surface area (Å²) < 4.78 is 0. The summed E-state index contributed by atoms with van der Waals surface area (Å²) >= 11 is 0. The first-order valence-electron chi connectivity index (χ1n) is 7.50. The van der Waals surface area contributed by atoms with Gasteiger partial charge in [0, 0.05) is 23.8 Å². The molecule has 0 radical (unpaired) electrons. The molecule has 1 atom stereocenters. The first-order chi connectivity index (χ1) is 9.20. The highest BCUT2D eigenvalue weighted by molar-refractivity contribution is 5.47. The van der Waals surface area contributed by atoms with E-state index in [1.807, 2.05) is 0 Å². The van der Waals surface area contributed by atoms with Crippen molar-refractivity contribution in [1.82, 2.24) is 9.97 Å². The van der Waals surface area contributed by atoms with Gasteiger partial charge < -0.3 is 11.1 Å². The van der Waals surface area contributed by atoms with Crippen LogP contribution in [0.2, 0.25) is 0 Å². The van der Waals surface area contributed by atoms with E-state index in [1.54, 1.807) is 6.33 Å². The van der Waals surface area contributed by atoms with E-state index in [4.69, 9.17) is 5.73 Å². The van der Waals surface area contributed by atoms with Gasteiger partial charge in [-0.25, -0.2) is 9.97 Å². The van der Waals surface area contributed by atoms with Crippen LogP contribution >= 0.6 is 0 Å². The number of hydrogen-bond acceptors (Lipinski definition) is 4. The summed E-state index contributed by atoms with van der Waals surface area (Å²) in [5.74, 6) is 1.66. The van der Waals surface area contributed by atoms with E-state index in [0.29, 0.717) is 18.5 Å². The molecule has 0 fully saturated rings. The van der Waals surface area contributed by atoms with E-state index in [2.05, 4.69) is 29.1 Å². The lowest BCUT2D eigenvalue weighted by molar-refractivity contribution is 0.520. The number of nitrogens with two attached hydrogens (primary N) is 1. The molecule has 1 aliphatic carbocycles. The Morgan fingerprint density at radius 3 is 2.74 bits per heavy atom. The summed E-state index contributed by atoms with van der Waals surface area (Å²) in [6.07, 6.45) is 8.73. The summed E-state index contributed by atoms with van der Waals surface area (Å²) in [5.41, 5.74) is 8.42. The Bertz CT molecular complexity index is 403. The fourth-order valence-corrected chi connectivity index (χ4v) is 2.80. The van der Waals surface area contributed by atoms with Crippen LogP contribution in [0.4, 0.5) is 5.82 Å². The van der Waals surface area contributed by atoms with E-state index in [-0.39, 0.29) is 0 Å². The van der Waals surface area contributed by atoms with Crippen LogP contribution in [0.25, 0.3) is 0 Å². The van der Waals surface area contributed by atoms with E-state index < -0.39 is 0 Å². The SMILES string of the molecule is CC(C)CC(CN)Nc1ncnc2c1CCCCC2. The second-order valence-corrected chi connectivity index (χ2v) is 5.91. The second kappa shape index (κ2) is 6.85. The molecule has 4 heteroatoms. The minimum atomic E-state index is 0.308. The Labute approximate surface area is 116 Å². The van der Waals surface area contributed by atoms with Gasteiger partial charge in [-0.3, -0.25) is 0 Å². The predicted octanol–water partition coefficient (Wildman–Crippen LogP) is 2.53. The number of rotatable bonds is 5. The van der Waals surface area contributed by atoms with Gasteiger partial charge in [0.05, 0.1) is 0 Å². The summed E-state index contributed by atoms with van der Waals surface area (Å²) in [6.45, 7) is 5.10. The zero-order valence-corrected chi connectivity index (χ0v) is 12.2. The molecule has 4 nitrogen and oxygen atoms in total. The first-order valence-corrected chi connectivity index (χ1v) is 7.50. The average Bonchev–Trinajstić information content (AvgIpc) is 2.63. The lowest BCUT2D eigenvalue weighted by Gasteiger charge is -2.21. The number of anilines is 1. The van der Waals surface area contributed by atoms with Gasteiger partial charge in [-0.1, -0.05) is 20.3 Å². The molecule has 1 heterocycles. The molecule has 1 aromatic rings. The maximum Gasteiger partial charge on any atom is 0.133 e. The molecule has 106 valence electrons. The van der Waals surface area contributed by atoms with Crippen LogP contribution in [-0.2, 0) is 12.8 Å². The van der Waals surface area contributed by atoms with Crippen LogP contribution in [0.5, 0.6) is 0 Å². The fourth-order valence-electron chi connectivity index (χ4n) is 2.80. The second-order valence-electron chi connectivity index (χ2n) is 5.91. The Kier molecular flexibility index (Phi) is 5.14. The smallest absolute Gasteiger partial charge is 0.133 e. The van der Waals surface area contributed by atoms with Crippen LogP contribution in [0.15, 0.2) is 6.33 Å². The number of fused-ring (bicyclic) bond motifs is 1. The summed E-state index contributed by atoms with van der Waals surface area (Å²) in [6, 6.07) is 0.308. The van der Waals surface area contributed by atoms with Crippen molar-refractivity contribution < 1.29 is 0 Å². The average molecular weight is 262 g/mol. The van der Waals surface area contributed by atoms with Crippen molar-refractivity contribution in [2.24, 2.45) is 11.7 Å². The van der Waals surface area contributed by atoms with Crippen molar-refractivity contribution >= 4 is 5.82 Å². The van der Waals surface area contributed by atoms with E-state index >= 15 is 0 Å². The molecule has 3 N–H and O–H groups in total. The minimum absolute atomic E-state index is 0.308. The van der Waals surface area contributed by atoms with Gasteiger partial charge >= 0.3 is 0 Å². The molecular weight excluding hydrogens is 236 g/mol. The molecule has 1 unspecified atom stereocenters. The van der Waals surface area contributed by atoms with Gasteiger partial charge in [-0.05, 0) is 38.0 Å². The third-order valence-corrected chi connectivity index (χ3v) is 3.76. The van der Waals surface area contributed by atoms with Gasteiger partial charge in [-0.2, -0.15) is 0 Å². The monoisotopic (exact) mass is 262 g/mol. The largest absolute Gasteiger partial charge is 0.366 e. The van der Waals surface area contributed by atoms with E-state index in [0.717, 1.165) is 25.1 Å². The van der Waals surface area contributed by atoms with E-state index in [9.17, 15) is 0 Å². The van der Waals surface area contributed by atoms with Gasteiger partial charge in [0.1, 0.15) is 12.1 Å². The molecule has 0 aromatic carbocycles. The molecule has 0 bridgehead atoms. The number of aromatic nitrogens is 2. The number of nitrogens with one attached hydrogen (secondary N) is 1. The van der Waals surface area contributed by atoms with Crippen molar-refractivity contribution in [3.05, 3.63) is 17.6 Å². The highest BCUT2D eigenvalue weighted by Gasteiger charge is 2.17. The molecule has 1 aromatic heterocycles. The first kappa shape index (κ1) is 14.3.